The largest absolute Gasteiger partial charge is 0.416 e. The zero-order chi connectivity index (χ0) is 24.3. The molecule has 2 aromatic rings. The van der Waals surface area contributed by atoms with Crippen LogP contribution in [0.4, 0.5) is 22.0 Å². The molecule has 0 aromatic heterocycles. The third-order valence-corrected chi connectivity index (χ3v) is 6.76. The first-order valence-electron chi connectivity index (χ1n) is 11.4. The Kier molecular flexibility index (Phi) is 7.23. The van der Waals surface area contributed by atoms with E-state index >= 15 is 0 Å². The number of hydrogen-bond acceptors (Lipinski definition) is 3. The maximum atomic E-state index is 14.1. The average molecular weight is 482 g/mol. The standard InChI is InChI=1S/C25H27F5N2O2/c26-19-3-1-2-17(12-19)24(7-4-22(14-24)32-21-5-8-34-9-6-21)23(33)31-15-16-10-18(25(28,29)30)13-20(27)11-16/h1-3,10-13,21-22,32H,4-9,14-15H2,(H,31,33). The molecule has 9 heteroatoms. The van der Waals surface area contributed by atoms with Crippen LogP contribution in [-0.4, -0.2) is 31.2 Å². The summed E-state index contributed by atoms with van der Waals surface area (Å²) in [6, 6.07) is 8.39. The van der Waals surface area contributed by atoms with Crippen molar-refractivity contribution in [3.05, 3.63) is 70.8 Å². The molecule has 1 aliphatic carbocycles. The minimum atomic E-state index is -4.70. The number of nitrogens with one attached hydrogen (secondary N) is 2. The number of benzene rings is 2. The van der Waals surface area contributed by atoms with Crippen LogP contribution in [0.5, 0.6) is 0 Å². The number of rotatable bonds is 6. The minimum Gasteiger partial charge on any atom is -0.381 e. The molecular formula is C25H27F5N2O2. The highest BCUT2D eigenvalue weighted by Crippen LogP contribution is 2.42. The summed E-state index contributed by atoms with van der Waals surface area (Å²) in [4.78, 5) is 13.5. The topological polar surface area (TPSA) is 50.4 Å². The number of carbonyl (C=O) groups is 1. The first-order chi connectivity index (χ1) is 16.2. The average Bonchev–Trinajstić information content (AvgIpc) is 3.22. The summed E-state index contributed by atoms with van der Waals surface area (Å²) < 4.78 is 72.4. The fraction of sp³-hybridized carbons (Fsp3) is 0.480. The monoisotopic (exact) mass is 482 g/mol. The molecule has 34 heavy (non-hydrogen) atoms. The molecule has 184 valence electrons. The Hall–Kier alpha value is -2.52. The molecule has 1 aliphatic heterocycles. The molecule has 0 bridgehead atoms. The van der Waals surface area contributed by atoms with Gasteiger partial charge in [0.1, 0.15) is 11.6 Å². The van der Waals surface area contributed by atoms with Gasteiger partial charge < -0.3 is 15.4 Å². The van der Waals surface area contributed by atoms with Crippen LogP contribution in [0.25, 0.3) is 0 Å². The molecule has 4 rings (SSSR count). The summed E-state index contributed by atoms with van der Waals surface area (Å²) in [6.45, 7) is 1.08. The maximum Gasteiger partial charge on any atom is 0.416 e. The van der Waals surface area contributed by atoms with Gasteiger partial charge in [0.2, 0.25) is 5.91 Å². The van der Waals surface area contributed by atoms with Crippen LogP contribution in [0.3, 0.4) is 0 Å². The quantitative estimate of drug-likeness (QED) is 0.579. The molecule has 2 unspecified atom stereocenters. The number of amides is 1. The second kappa shape index (κ2) is 10.00. The molecule has 1 amide bonds. The first-order valence-corrected chi connectivity index (χ1v) is 11.4. The SMILES string of the molecule is O=C(NCc1cc(F)cc(C(F)(F)F)c1)C1(c2cccc(F)c2)CCC(NC2CCOCC2)C1. The lowest BCUT2D eigenvalue weighted by Gasteiger charge is -2.31. The van der Waals surface area contributed by atoms with Crippen molar-refractivity contribution >= 4 is 5.91 Å². The smallest absolute Gasteiger partial charge is 0.381 e. The van der Waals surface area contributed by atoms with E-state index in [-0.39, 0.29) is 24.2 Å². The van der Waals surface area contributed by atoms with Crippen molar-refractivity contribution in [2.24, 2.45) is 0 Å². The Morgan fingerprint density at radius 1 is 1.00 bits per heavy atom. The lowest BCUT2D eigenvalue weighted by molar-refractivity contribution is -0.137. The van der Waals surface area contributed by atoms with E-state index in [2.05, 4.69) is 10.6 Å². The number of alkyl halides is 3. The van der Waals surface area contributed by atoms with Gasteiger partial charge in [0.25, 0.3) is 0 Å². The molecular weight excluding hydrogens is 455 g/mol. The Bertz CT molecular complexity index is 1020. The Morgan fingerprint density at radius 3 is 2.47 bits per heavy atom. The van der Waals surface area contributed by atoms with Crippen molar-refractivity contribution in [2.75, 3.05) is 13.2 Å². The molecule has 1 saturated heterocycles. The molecule has 4 nitrogen and oxygen atoms in total. The van der Waals surface area contributed by atoms with E-state index in [4.69, 9.17) is 4.74 Å². The predicted octanol–water partition coefficient (Wildman–Crippen LogP) is 4.86. The van der Waals surface area contributed by atoms with E-state index < -0.39 is 34.7 Å². The predicted molar refractivity (Wildman–Crippen MR) is 116 cm³/mol. The van der Waals surface area contributed by atoms with Gasteiger partial charge in [0, 0.05) is 31.8 Å². The highest BCUT2D eigenvalue weighted by atomic mass is 19.4. The van der Waals surface area contributed by atoms with Crippen LogP contribution in [0.2, 0.25) is 0 Å². The highest BCUT2D eigenvalue weighted by Gasteiger charge is 2.47. The molecule has 2 aliphatic rings. The fourth-order valence-corrected chi connectivity index (χ4v) is 5.04. The third kappa shape index (κ3) is 5.58. The lowest BCUT2D eigenvalue weighted by Crippen LogP contribution is -2.45. The molecule has 2 aromatic carbocycles. The summed E-state index contributed by atoms with van der Waals surface area (Å²) in [5, 5.41) is 6.28. The highest BCUT2D eigenvalue weighted by molar-refractivity contribution is 5.88. The van der Waals surface area contributed by atoms with Gasteiger partial charge in [-0.3, -0.25) is 4.79 Å². The Morgan fingerprint density at radius 2 is 1.76 bits per heavy atom. The van der Waals surface area contributed by atoms with Crippen molar-refractivity contribution in [1.29, 1.82) is 0 Å². The molecule has 1 heterocycles. The van der Waals surface area contributed by atoms with Crippen LogP contribution in [0.15, 0.2) is 42.5 Å². The molecule has 2 fully saturated rings. The lowest BCUT2D eigenvalue weighted by atomic mass is 9.77. The number of halogens is 5. The van der Waals surface area contributed by atoms with Gasteiger partial charge in [-0.15, -0.1) is 0 Å². The van der Waals surface area contributed by atoms with Crippen molar-refractivity contribution in [2.45, 2.75) is 62.3 Å². The van der Waals surface area contributed by atoms with Gasteiger partial charge >= 0.3 is 6.18 Å². The molecule has 0 spiro atoms. The first kappa shape index (κ1) is 24.6. The summed E-state index contributed by atoms with van der Waals surface area (Å²) in [7, 11) is 0. The molecule has 2 N–H and O–H groups in total. The summed E-state index contributed by atoms with van der Waals surface area (Å²) in [6.07, 6.45) is -1.37. The van der Waals surface area contributed by atoms with Gasteiger partial charge in [-0.25, -0.2) is 8.78 Å². The Balaban J connectivity index is 1.53. The van der Waals surface area contributed by atoms with E-state index in [1.807, 2.05) is 0 Å². The van der Waals surface area contributed by atoms with Crippen LogP contribution < -0.4 is 10.6 Å². The van der Waals surface area contributed by atoms with Crippen molar-refractivity contribution < 1.29 is 31.5 Å². The van der Waals surface area contributed by atoms with Gasteiger partial charge in [-0.05, 0) is 73.6 Å². The van der Waals surface area contributed by atoms with E-state index in [0.29, 0.717) is 44.1 Å². The van der Waals surface area contributed by atoms with Crippen LogP contribution in [-0.2, 0) is 27.7 Å². The van der Waals surface area contributed by atoms with Crippen LogP contribution in [0.1, 0.15) is 48.8 Å². The van der Waals surface area contributed by atoms with Gasteiger partial charge in [-0.2, -0.15) is 13.2 Å². The molecule has 2 atom stereocenters. The van der Waals surface area contributed by atoms with E-state index in [0.717, 1.165) is 25.0 Å². The van der Waals surface area contributed by atoms with Crippen molar-refractivity contribution in [3.8, 4) is 0 Å². The number of ether oxygens (including phenoxy) is 1. The fourth-order valence-electron chi connectivity index (χ4n) is 5.04. The number of carbonyl (C=O) groups excluding carboxylic acids is 1. The molecule has 0 radical (unpaired) electrons. The zero-order valence-electron chi connectivity index (χ0n) is 18.6. The summed E-state index contributed by atoms with van der Waals surface area (Å²) >= 11 is 0. The van der Waals surface area contributed by atoms with Crippen molar-refractivity contribution in [3.63, 3.8) is 0 Å². The zero-order valence-corrected chi connectivity index (χ0v) is 18.6. The molecule has 1 saturated carbocycles. The maximum absolute atomic E-state index is 14.1. The van der Waals surface area contributed by atoms with Gasteiger partial charge in [0.15, 0.2) is 0 Å². The third-order valence-electron chi connectivity index (χ3n) is 6.76. The summed E-state index contributed by atoms with van der Waals surface area (Å²) in [5.74, 6) is -1.90. The van der Waals surface area contributed by atoms with Crippen molar-refractivity contribution in [1.82, 2.24) is 10.6 Å². The van der Waals surface area contributed by atoms with Gasteiger partial charge in [0.05, 0.1) is 11.0 Å². The van der Waals surface area contributed by atoms with E-state index in [1.165, 1.54) is 12.1 Å². The van der Waals surface area contributed by atoms with E-state index in [1.54, 1.807) is 12.1 Å². The van der Waals surface area contributed by atoms with Crippen LogP contribution in [0, 0.1) is 11.6 Å². The summed E-state index contributed by atoms with van der Waals surface area (Å²) in [5.41, 5.74) is -1.62. The van der Waals surface area contributed by atoms with Gasteiger partial charge in [-0.1, -0.05) is 12.1 Å². The second-order valence-electron chi connectivity index (χ2n) is 9.11. The minimum absolute atomic E-state index is 0.00458. The van der Waals surface area contributed by atoms with E-state index in [9.17, 15) is 26.7 Å². The Labute approximate surface area is 194 Å². The normalized spacial score (nSPS) is 23.7. The number of hydrogen-bond donors (Lipinski definition) is 2. The second-order valence-corrected chi connectivity index (χ2v) is 9.11. The van der Waals surface area contributed by atoms with Crippen LogP contribution >= 0.6 is 0 Å².